The summed E-state index contributed by atoms with van der Waals surface area (Å²) in [5.74, 6) is 1.72. The van der Waals surface area contributed by atoms with Crippen molar-refractivity contribution in [1.82, 2.24) is 5.43 Å². The summed E-state index contributed by atoms with van der Waals surface area (Å²) < 4.78 is 16.7. The molecule has 26 heavy (non-hydrogen) atoms. The number of benzene rings is 2. The van der Waals surface area contributed by atoms with E-state index in [4.69, 9.17) is 31.5 Å². The molecule has 6 nitrogen and oxygen atoms in total. The lowest BCUT2D eigenvalue weighted by molar-refractivity contribution is 0.211. The number of methoxy groups -OCH3 is 1. The molecule has 0 aliphatic rings. The number of hydrazone groups is 1. The van der Waals surface area contributed by atoms with E-state index in [-0.39, 0.29) is 5.11 Å². The summed E-state index contributed by atoms with van der Waals surface area (Å²) in [6, 6.07) is 11.2. The van der Waals surface area contributed by atoms with Gasteiger partial charge in [-0.25, -0.2) is 0 Å². The fourth-order valence-corrected chi connectivity index (χ4v) is 2.39. The molecule has 2 rings (SSSR count). The number of nitrogens with two attached hydrogens (primary N) is 1. The van der Waals surface area contributed by atoms with Crippen LogP contribution in [0.2, 0.25) is 5.02 Å². The van der Waals surface area contributed by atoms with E-state index >= 15 is 0 Å². The molecular formula is C18H20ClN3O3S. The molecule has 0 bridgehead atoms. The molecule has 0 atom stereocenters. The zero-order valence-electron chi connectivity index (χ0n) is 14.5. The maximum Gasteiger partial charge on any atom is 0.184 e. The number of nitrogens with zero attached hydrogens (tertiary/aromatic N) is 1. The number of hydrogen-bond acceptors (Lipinski definition) is 5. The van der Waals surface area contributed by atoms with Gasteiger partial charge in [0.05, 0.1) is 18.3 Å². The second-order valence-corrected chi connectivity index (χ2v) is 6.13. The lowest BCUT2D eigenvalue weighted by atomic mass is 10.2. The van der Waals surface area contributed by atoms with Gasteiger partial charge in [-0.1, -0.05) is 29.3 Å². The van der Waals surface area contributed by atoms with Crippen molar-refractivity contribution in [1.29, 1.82) is 0 Å². The molecule has 0 unspecified atom stereocenters. The smallest absolute Gasteiger partial charge is 0.184 e. The minimum absolute atomic E-state index is 0.0767. The van der Waals surface area contributed by atoms with Crippen LogP contribution in [-0.2, 0) is 0 Å². The van der Waals surface area contributed by atoms with Crippen molar-refractivity contribution in [3.63, 3.8) is 0 Å². The van der Waals surface area contributed by atoms with Gasteiger partial charge in [-0.15, -0.1) is 0 Å². The Kier molecular flexibility index (Phi) is 7.50. The van der Waals surface area contributed by atoms with Gasteiger partial charge < -0.3 is 19.9 Å². The summed E-state index contributed by atoms with van der Waals surface area (Å²) in [6.45, 7) is 2.72. The van der Waals surface area contributed by atoms with Gasteiger partial charge in [0.15, 0.2) is 16.6 Å². The third-order valence-corrected chi connectivity index (χ3v) is 3.63. The number of halogens is 1. The maximum atomic E-state index is 6.29. The Balaban J connectivity index is 1.96. The first-order valence-corrected chi connectivity index (χ1v) is 8.56. The molecule has 3 N–H and O–H groups in total. The Bertz CT molecular complexity index is 782. The molecule has 8 heteroatoms. The van der Waals surface area contributed by atoms with Crippen LogP contribution in [0.4, 0.5) is 0 Å². The SMILES string of the molecule is COc1cc(C=NNC(N)=S)cc(Cl)c1OCCOc1ccc(C)cc1. The molecular weight excluding hydrogens is 374 g/mol. The van der Waals surface area contributed by atoms with Gasteiger partial charge in [-0.2, -0.15) is 5.10 Å². The van der Waals surface area contributed by atoms with Crippen LogP contribution in [0.15, 0.2) is 41.5 Å². The molecule has 138 valence electrons. The van der Waals surface area contributed by atoms with Crippen LogP contribution in [0.5, 0.6) is 17.2 Å². The Morgan fingerprint density at radius 1 is 1.23 bits per heavy atom. The van der Waals surface area contributed by atoms with E-state index in [1.807, 2.05) is 31.2 Å². The van der Waals surface area contributed by atoms with Gasteiger partial charge >= 0.3 is 0 Å². The van der Waals surface area contributed by atoms with Gasteiger partial charge in [-0.05, 0) is 49.0 Å². The van der Waals surface area contributed by atoms with Crippen LogP contribution in [0.1, 0.15) is 11.1 Å². The number of nitrogens with one attached hydrogen (secondary N) is 1. The maximum absolute atomic E-state index is 6.29. The molecule has 2 aromatic rings. The monoisotopic (exact) mass is 393 g/mol. The molecule has 0 heterocycles. The van der Waals surface area contributed by atoms with E-state index in [1.54, 1.807) is 12.1 Å². The predicted octanol–water partition coefficient (Wildman–Crippen LogP) is 3.28. The molecule has 0 saturated carbocycles. The summed E-state index contributed by atoms with van der Waals surface area (Å²) in [6.07, 6.45) is 1.53. The van der Waals surface area contributed by atoms with E-state index < -0.39 is 0 Å². The number of hydrogen-bond donors (Lipinski definition) is 2. The average molecular weight is 394 g/mol. The first kappa shape index (κ1) is 19.8. The van der Waals surface area contributed by atoms with Crippen LogP contribution in [-0.4, -0.2) is 31.7 Å². The lowest BCUT2D eigenvalue weighted by Crippen LogP contribution is -2.23. The van der Waals surface area contributed by atoms with Gasteiger partial charge in [-0.3, -0.25) is 5.43 Å². The first-order chi connectivity index (χ1) is 12.5. The standard InChI is InChI=1S/C18H20ClN3O3S/c1-12-3-5-14(6-4-12)24-7-8-25-17-15(19)9-13(10-16(17)23-2)11-21-22-18(20)26/h3-6,9-11H,7-8H2,1-2H3,(H3,20,22,26). The molecule has 0 fully saturated rings. The molecule has 0 aromatic heterocycles. The first-order valence-electron chi connectivity index (χ1n) is 7.78. The number of ether oxygens (including phenoxy) is 3. The summed E-state index contributed by atoms with van der Waals surface area (Å²) >= 11 is 11.0. The van der Waals surface area contributed by atoms with Gasteiger partial charge in [0.2, 0.25) is 0 Å². The summed E-state index contributed by atoms with van der Waals surface area (Å²) in [4.78, 5) is 0. The highest BCUT2D eigenvalue weighted by Crippen LogP contribution is 2.36. The zero-order valence-corrected chi connectivity index (χ0v) is 16.1. The van der Waals surface area contributed by atoms with Crippen molar-refractivity contribution in [2.24, 2.45) is 10.8 Å². The number of rotatable bonds is 8. The molecule has 0 radical (unpaired) electrons. The van der Waals surface area contributed by atoms with E-state index in [1.165, 1.54) is 18.9 Å². The zero-order chi connectivity index (χ0) is 18.9. The fourth-order valence-electron chi connectivity index (χ4n) is 2.06. The van der Waals surface area contributed by atoms with Crippen LogP contribution in [0.3, 0.4) is 0 Å². The van der Waals surface area contributed by atoms with Crippen LogP contribution >= 0.6 is 23.8 Å². The van der Waals surface area contributed by atoms with Crippen molar-refractivity contribution in [2.45, 2.75) is 6.92 Å². The second kappa shape index (κ2) is 9.84. The molecule has 0 saturated heterocycles. The highest BCUT2D eigenvalue weighted by Gasteiger charge is 2.11. The summed E-state index contributed by atoms with van der Waals surface area (Å²) in [7, 11) is 1.54. The van der Waals surface area contributed by atoms with Crippen molar-refractivity contribution in [2.75, 3.05) is 20.3 Å². The quantitative estimate of drug-likeness (QED) is 0.310. The van der Waals surface area contributed by atoms with E-state index in [0.717, 1.165) is 5.75 Å². The molecule has 0 spiro atoms. The van der Waals surface area contributed by atoms with Gasteiger partial charge in [0.1, 0.15) is 19.0 Å². The predicted molar refractivity (Wildman–Crippen MR) is 108 cm³/mol. The van der Waals surface area contributed by atoms with Crippen molar-refractivity contribution in [3.05, 3.63) is 52.5 Å². The number of aryl methyl sites for hydroxylation is 1. The van der Waals surface area contributed by atoms with Gasteiger partial charge in [0, 0.05) is 0 Å². The third kappa shape index (κ3) is 6.09. The fraction of sp³-hybridized carbons (Fsp3) is 0.222. The molecule has 0 aliphatic carbocycles. The molecule has 0 amide bonds. The minimum Gasteiger partial charge on any atom is -0.493 e. The van der Waals surface area contributed by atoms with E-state index in [9.17, 15) is 0 Å². The van der Waals surface area contributed by atoms with Crippen LogP contribution in [0, 0.1) is 6.92 Å². The van der Waals surface area contributed by atoms with Crippen molar-refractivity contribution < 1.29 is 14.2 Å². The second-order valence-electron chi connectivity index (χ2n) is 5.28. The van der Waals surface area contributed by atoms with Crippen LogP contribution in [0.25, 0.3) is 0 Å². The minimum atomic E-state index is 0.0767. The normalized spacial score (nSPS) is 10.6. The molecule has 2 aromatic carbocycles. The lowest BCUT2D eigenvalue weighted by Gasteiger charge is -2.14. The largest absolute Gasteiger partial charge is 0.493 e. The van der Waals surface area contributed by atoms with Crippen LogP contribution < -0.4 is 25.4 Å². The summed E-state index contributed by atoms with van der Waals surface area (Å²) in [5, 5.41) is 4.36. The Morgan fingerprint density at radius 2 is 1.92 bits per heavy atom. The molecule has 0 aliphatic heterocycles. The van der Waals surface area contributed by atoms with Crippen molar-refractivity contribution >= 4 is 35.1 Å². The van der Waals surface area contributed by atoms with Gasteiger partial charge in [0.25, 0.3) is 0 Å². The Morgan fingerprint density at radius 3 is 2.58 bits per heavy atom. The van der Waals surface area contributed by atoms with E-state index in [0.29, 0.717) is 35.3 Å². The topological polar surface area (TPSA) is 78.1 Å². The summed E-state index contributed by atoms with van der Waals surface area (Å²) in [5.41, 5.74) is 9.67. The Hall–Kier alpha value is -2.51. The highest BCUT2D eigenvalue weighted by atomic mass is 35.5. The Labute approximate surface area is 162 Å². The van der Waals surface area contributed by atoms with Crippen molar-refractivity contribution in [3.8, 4) is 17.2 Å². The highest BCUT2D eigenvalue weighted by molar-refractivity contribution is 7.80. The third-order valence-electron chi connectivity index (χ3n) is 3.26. The van der Waals surface area contributed by atoms with E-state index in [2.05, 4.69) is 22.7 Å². The number of thiocarbonyl (C=S) groups is 1. The average Bonchev–Trinajstić information content (AvgIpc) is 2.61.